The normalized spacial score (nSPS) is 22.4. The Balaban J connectivity index is 1.31. The zero-order valence-electron chi connectivity index (χ0n) is 24.8. The molecule has 0 aromatic heterocycles. The van der Waals surface area contributed by atoms with Crippen LogP contribution in [0.3, 0.4) is 0 Å². The Labute approximate surface area is 258 Å². The maximum Gasteiger partial charge on any atom is 0.496 e. The molecule has 2 saturated heterocycles. The summed E-state index contributed by atoms with van der Waals surface area (Å²) in [5, 5.41) is 7.90. The molecule has 3 aromatic rings. The molecule has 1 aliphatic carbocycles. The van der Waals surface area contributed by atoms with E-state index in [1.807, 2.05) is 64.1 Å². The van der Waals surface area contributed by atoms with Crippen molar-refractivity contribution in [2.75, 3.05) is 13.7 Å². The molecular formula is C33H37BCl2N2O4. The van der Waals surface area contributed by atoms with Crippen LogP contribution in [-0.4, -0.2) is 43.9 Å². The van der Waals surface area contributed by atoms with Gasteiger partial charge in [0, 0.05) is 57.8 Å². The molecular weight excluding hydrogens is 570 g/mol. The fraction of sp³-hybridized carbons (Fsp3) is 0.424. The van der Waals surface area contributed by atoms with Crippen molar-refractivity contribution >= 4 is 41.7 Å². The van der Waals surface area contributed by atoms with Crippen molar-refractivity contribution in [1.82, 2.24) is 10.6 Å². The van der Waals surface area contributed by atoms with Crippen LogP contribution in [0.15, 0.2) is 48.5 Å². The van der Waals surface area contributed by atoms with E-state index in [1.165, 1.54) is 11.1 Å². The Hall–Kier alpha value is -2.55. The van der Waals surface area contributed by atoms with Gasteiger partial charge in [-0.2, -0.15) is 0 Å². The third-order valence-electron chi connectivity index (χ3n) is 9.33. The molecule has 3 aliphatic rings. The summed E-state index contributed by atoms with van der Waals surface area (Å²) in [6.45, 7) is 8.87. The Morgan fingerprint density at radius 2 is 1.62 bits per heavy atom. The van der Waals surface area contributed by atoms with E-state index in [0.717, 1.165) is 59.3 Å². The number of halogens is 2. The number of methoxy groups -OCH3 is 1. The lowest BCUT2D eigenvalue weighted by molar-refractivity contribution is -0.119. The van der Waals surface area contributed by atoms with Crippen LogP contribution in [0, 0.1) is 0 Å². The number of rotatable bonds is 7. The number of ether oxygens (including phenoxy) is 1. The molecule has 9 heteroatoms. The summed E-state index contributed by atoms with van der Waals surface area (Å²) in [5.41, 5.74) is 5.86. The molecule has 0 radical (unpaired) electrons. The lowest BCUT2D eigenvalue weighted by Crippen LogP contribution is -2.41. The van der Waals surface area contributed by atoms with Crippen molar-refractivity contribution < 1.29 is 18.8 Å². The van der Waals surface area contributed by atoms with Gasteiger partial charge in [0.1, 0.15) is 5.75 Å². The molecule has 42 heavy (non-hydrogen) atoms. The van der Waals surface area contributed by atoms with Crippen LogP contribution in [0.5, 0.6) is 5.75 Å². The molecule has 2 fully saturated rings. The van der Waals surface area contributed by atoms with Crippen molar-refractivity contribution in [3.05, 3.63) is 69.7 Å². The first-order valence-electron chi connectivity index (χ1n) is 14.7. The molecule has 2 aliphatic heterocycles. The Morgan fingerprint density at radius 3 is 2.29 bits per heavy atom. The summed E-state index contributed by atoms with van der Waals surface area (Å²) in [6.07, 6.45) is 3.40. The predicted molar refractivity (Wildman–Crippen MR) is 170 cm³/mol. The van der Waals surface area contributed by atoms with Crippen LogP contribution in [0.25, 0.3) is 22.3 Å². The van der Waals surface area contributed by atoms with Crippen LogP contribution >= 0.6 is 23.2 Å². The van der Waals surface area contributed by atoms with Gasteiger partial charge in [0.15, 0.2) is 0 Å². The van der Waals surface area contributed by atoms with Crippen molar-refractivity contribution in [1.29, 1.82) is 0 Å². The third-order valence-corrected chi connectivity index (χ3v) is 10.2. The molecule has 2 heterocycles. The highest BCUT2D eigenvalue weighted by Crippen LogP contribution is 2.45. The fourth-order valence-corrected chi connectivity index (χ4v) is 6.90. The first-order chi connectivity index (χ1) is 20.0. The molecule has 0 spiro atoms. The lowest BCUT2D eigenvalue weighted by atomic mass is 9.77. The minimum atomic E-state index is -0.572. The van der Waals surface area contributed by atoms with Gasteiger partial charge in [-0.25, -0.2) is 0 Å². The number of aryl methyl sites for hydroxylation is 1. The van der Waals surface area contributed by atoms with Crippen LogP contribution in [-0.2, 0) is 20.5 Å². The summed E-state index contributed by atoms with van der Waals surface area (Å²) in [6, 6.07) is 16.6. The van der Waals surface area contributed by atoms with Crippen LogP contribution < -0.4 is 20.8 Å². The quantitative estimate of drug-likeness (QED) is 0.301. The van der Waals surface area contributed by atoms with Gasteiger partial charge in [0.2, 0.25) is 5.91 Å². The molecule has 1 amide bonds. The third kappa shape index (κ3) is 5.24. The van der Waals surface area contributed by atoms with Gasteiger partial charge in [-0.15, -0.1) is 0 Å². The molecule has 6 nitrogen and oxygen atoms in total. The number of carbonyl (C=O) groups excluding carboxylic acids is 1. The zero-order valence-corrected chi connectivity index (χ0v) is 26.3. The van der Waals surface area contributed by atoms with Gasteiger partial charge in [0.25, 0.3) is 0 Å². The van der Waals surface area contributed by atoms with E-state index in [4.69, 9.17) is 37.2 Å². The standard InChI is InChI=1S/C33H37BCl2N2O4/c1-32(2)33(3,4)42-34(41-32)25-11-7-10-24(31(25)36)23-9-6-8-22(30(23)35)20-16-19-12-14-26(29(19)27(17-20)40-5)37-18-21-13-15-28(39)38-21/h6-11,16-17,21,26,37H,12-15,18H2,1-5H3,(H,38,39)/t21-,26+/m0/s1. The van der Waals surface area contributed by atoms with E-state index in [1.54, 1.807) is 7.11 Å². The second-order valence-electron chi connectivity index (χ2n) is 12.5. The first-order valence-corrected chi connectivity index (χ1v) is 15.4. The van der Waals surface area contributed by atoms with Crippen molar-refractivity contribution in [2.24, 2.45) is 0 Å². The minimum absolute atomic E-state index is 0.135. The molecule has 0 unspecified atom stereocenters. The number of nitrogens with one attached hydrogen (secondary N) is 2. The van der Waals surface area contributed by atoms with E-state index < -0.39 is 18.3 Å². The fourth-order valence-electron chi connectivity index (χ4n) is 6.25. The van der Waals surface area contributed by atoms with E-state index in [0.29, 0.717) is 16.5 Å². The lowest BCUT2D eigenvalue weighted by Gasteiger charge is -2.32. The topological polar surface area (TPSA) is 68.8 Å². The predicted octanol–water partition coefficient (Wildman–Crippen LogP) is 6.49. The average molecular weight is 607 g/mol. The summed E-state index contributed by atoms with van der Waals surface area (Å²) >= 11 is 14.2. The van der Waals surface area contributed by atoms with Crippen molar-refractivity contribution in [2.45, 2.75) is 76.7 Å². The Morgan fingerprint density at radius 1 is 0.952 bits per heavy atom. The molecule has 220 valence electrons. The molecule has 0 saturated carbocycles. The second-order valence-corrected chi connectivity index (χ2v) is 13.3. The van der Waals surface area contributed by atoms with E-state index in [9.17, 15) is 4.79 Å². The number of hydrogen-bond acceptors (Lipinski definition) is 5. The van der Waals surface area contributed by atoms with Gasteiger partial charge < -0.3 is 24.7 Å². The van der Waals surface area contributed by atoms with Crippen molar-refractivity contribution in [3.63, 3.8) is 0 Å². The molecule has 6 rings (SSSR count). The maximum atomic E-state index is 11.6. The first kappa shape index (κ1) is 29.5. The molecule has 3 aromatic carbocycles. The SMILES string of the molecule is COc1cc(-c2cccc(-c3cccc(B4OC(C)(C)C(C)(C)O4)c3Cl)c2Cl)cc2c1[C@H](NC[C@@H]1CCC(=O)N1)CC2. The minimum Gasteiger partial charge on any atom is -0.496 e. The average Bonchev–Trinajstić information content (AvgIpc) is 3.62. The van der Waals surface area contributed by atoms with Crippen LogP contribution in [0.2, 0.25) is 10.0 Å². The molecule has 2 N–H and O–H groups in total. The maximum absolute atomic E-state index is 11.6. The number of benzene rings is 3. The Kier molecular flexibility index (Phi) is 7.86. The van der Waals surface area contributed by atoms with E-state index in [-0.39, 0.29) is 18.0 Å². The highest BCUT2D eigenvalue weighted by atomic mass is 35.5. The second kappa shape index (κ2) is 11.2. The number of fused-ring (bicyclic) bond motifs is 1. The molecule has 2 atom stereocenters. The highest BCUT2D eigenvalue weighted by Gasteiger charge is 2.52. The van der Waals surface area contributed by atoms with Crippen LogP contribution in [0.4, 0.5) is 0 Å². The number of amides is 1. The number of carbonyl (C=O) groups is 1. The monoisotopic (exact) mass is 606 g/mol. The summed E-state index contributed by atoms with van der Waals surface area (Å²) in [5.74, 6) is 0.978. The zero-order chi connectivity index (χ0) is 29.8. The van der Waals surface area contributed by atoms with Gasteiger partial charge in [0.05, 0.1) is 23.3 Å². The summed E-state index contributed by atoms with van der Waals surface area (Å²) in [7, 11) is 1.14. The van der Waals surface area contributed by atoms with Crippen LogP contribution in [0.1, 0.15) is 64.1 Å². The van der Waals surface area contributed by atoms with E-state index >= 15 is 0 Å². The summed E-state index contributed by atoms with van der Waals surface area (Å²) < 4.78 is 18.5. The number of hydrogen-bond donors (Lipinski definition) is 2. The highest BCUT2D eigenvalue weighted by molar-refractivity contribution is 6.66. The van der Waals surface area contributed by atoms with Gasteiger partial charge in [-0.3, -0.25) is 4.79 Å². The summed E-state index contributed by atoms with van der Waals surface area (Å²) in [4.78, 5) is 11.6. The molecule has 0 bridgehead atoms. The van der Waals surface area contributed by atoms with E-state index in [2.05, 4.69) is 22.8 Å². The Bertz CT molecular complexity index is 1530. The van der Waals surface area contributed by atoms with Crippen molar-refractivity contribution in [3.8, 4) is 28.0 Å². The van der Waals surface area contributed by atoms with Gasteiger partial charge in [-0.05, 0) is 64.2 Å². The van der Waals surface area contributed by atoms with Gasteiger partial charge >= 0.3 is 7.12 Å². The van der Waals surface area contributed by atoms with Gasteiger partial charge in [-0.1, -0.05) is 65.7 Å². The largest absolute Gasteiger partial charge is 0.496 e. The smallest absolute Gasteiger partial charge is 0.496 e.